The second-order valence-corrected chi connectivity index (χ2v) is 10.7. The topological polar surface area (TPSA) is 115 Å². The van der Waals surface area contributed by atoms with Gasteiger partial charge in [-0.3, -0.25) is 4.79 Å². The van der Waals surface area contributed by atoms with Gasteiger partial charge in [0.25, 0.3) is 0 Å². The predicted molar refractivity (Wildman–Crippen MR) is 82.8 cm³/mol. The first-order valence-corrected chi connectivity index (χ1v) is 10.6. The van der Waals surface area contributed by atoms with E-state index in [0.29, 0.717) is 23.4 Å². The van der Waals surface area contributed by atoms with Gasteiger partial charge in [0.05, 0.1) is 11.3 Å². The average Bonchev–Trinajstić information content (AvgIpc) is 2.82. The summed E-state index contributed by atoms with van der Waals surface area (Å²) in [6, 6.07) is 0.831. The third-order valence-corrected chi connectivity index (χ3v) is 9.12. The number of rotatable bonds is 3. The summed E-state index contributed by atoms with van der Waals surface area (Å²) < 4.78 is 47.8. The molecule has 1 amide bonds. The van der Waals surface area contributed by atoms with Crippen LogP contribution in [0.5, 0.6) is 0 Å². The maximum absolute atomic E-state index is 12.4. The zero-order valence-electron chi connectivity index (χ0n) is 12.4. The number of nitrogens with zero attached hydrogens (tertiary/aromatic N) is 1. The van der Waals surface area contributed by atoms with Crippen molar-refractivity contribution in [2.75, 3.05) is 6.54 Å². The van der Waals surface area contributed by atoms with E-state index in [1.165, 1.54) is 13.0 Å². The van der Waals surface area contributed by atoms with Gasteiger partial charge >= 0.3 is 0 Å². The molecule has 0 fully saturated rings. The van der Waals surface area contributed by atoms with Crippen molar-refractivity contribution in [2.24, 2.45) is 5.14 Å². The van der Waals surface area contributed by atoms with Crippen molar-refractivity contribution in [3.8, 4) is 0 Å². The first-order chi connectivity index (χ1) is 10.00. The molecular formula is C12H18N2O5S3. The zero-order valence-corrected chi connectivity index (χ0v) is 14.9. The highest BCUT2D eigenvalue weighted by molar-refractivity contribution is 7.95. The van der Waals surface area contributed by atoms with E-state index in [2.05, 4.69) is 0 Å². The number of primary sulfonamides is 1. The highest BCUT2D eigenvalue weighted by Gasteiger charge is 2.41. The van der Waals surface area contributed by atoms with Crippen molar-refractivity contribution in [3.63, 3.8) is 0 Å². The number of sulfone groups is 1. The number of nitrogens with two attached hydrogens (primary N) is 1. The maximum atomic E-state index is 12.4. The fraction of sp³-hybridized carbons (Fsp3) is 0.583. The van der Waals surface area contributed by atoms with Gasteiger partial charge in [-0.1, -0.05) is 0 Å². The third kappa shape index (κ3) is 2.80. The van der Waals surface area contributed by atoms with Crippen LogP contribution in [0.25, 0.3) is 0 Å². The lowest BCUT2D eigenvalue weighted by atomic mass is 10.0. The summed E-state index contributed by atoms with van der Waals surface area (Å²) >= 11 is 0.657. The monoisotopic (exact) mass is 366 g/mol. The highest BCUT2D eigenvalue weighted by Crippen LogP contribution is 2.44. The summed E-state index contributed by atoms with van der Waals surface area (Å²) in [7, 11) is -7.59. The molecule has 2 N–H and O–H groups in total. The van der Waals surface area contributed by atoms with Gasteiger partial charge in [0.2, 0.25) is 15.9 Å². The second-order valence-electron chi connectivity index (χ2n) is 5.27. The molecule has 124 valence electrons. The standard InChI is InChI=1S/C12H18N2O5S3/c1-4-14(8(3)15)10-5-7(2)21(16,17)12-9(10)6-11(20-12)22(13,18)19/h6-7,10H,4-5H2,1-3H3,(H2,13,18,19)/t7-,10-/m0/s1. The fourth-order valence-corrected chi connectivity index (χ4v) is 7.07. The quantitative estimate of drug-likeness (QED) is 0.852. The number of thiophene rings is 1. The van der Waals surface area contributed by atoms with E-state index in [4.69, 9.17) is 5.14 Å². The summed E-state index contributed by atoms with van der Waals surface area (Å²) in [5.74, 6) is -0.187. The lowest BCUT2D eigenvalue weighted by Gasteiger charge is -2.35. The van der Waals surface area contributed by atoms with E-state index < -0.39 is 31.2 Å². The van der Waals surface area contributed by atoms with Crippen LogP contribution in [0.15, 0.2) is 14.5 Å². The van der Waals surface area contributed by atoms with E-state index >= 15 is 0 Å². The molecule has 0 aliphatic carbocycles. The van der Waals surface area contributed by atoms with E-state index in [9.17, 15) is 21.6 Å². The zero-order chi connectivity index (χ0) is 16.9. The van der Waals surface area contributed by atoms with Gasteiger partial charge in [-0.05, 0) is 26.3 Å². The first kappa shape index (κ1) is 17.4. The van der Waals surface area contributed by atoms with Crippen LogP contribution >= 0.6 is 11.3 Å². The number of fused-ring (bicyclic) bond motifs is 1. The Labute approximate surface area is 134 Å². The molecule has 0 spiro atoms. The molecule has 0 bridgehead atoms. The van der Waals surface area contributed by atoms with Crippen LogP contribution < -0.4 is 5.14 Å². The predicted octanol–water partition coefficient (Wildman–Crippen LogP) is 0.871. The number of amides is 1. The molecule has 1 aromatic heterocycles. The number of sulfonamides is 1. The molecule has 7 nitrogen and oxygen atoms in total. The SMILES string of the molecule is CCN(C(C)=O)[C@H]1C[C@H](C)S(=O)(=O)c2sc(S(N)(=O)=O)cc21. The van der Waals surface area contributed by atoms with Gasteiger partial charge in [-0.25, -0.2) is 22.0 Å². The lowest BCUT2D eigenvalue weighted by molar-refractivity contribution is -0.131. The van der Waals surface area contributed by atoms with Gasteiger partial charge in [-0.2, -0.15) is 0 Å². The van der Waals surface area contributed by atoms with Gasteiger partial charge in [0.15, 0.2) is 9.84 Å². The molecular weight excluding hydrogens is 348 g/mol. The minimum absolute atomic E-state index is 0.0000231. The molecule has 2 rings (SSSR count). The van der Waals surface area contributed by atoms with Crippen LogP contribution in [-0.4, -0.2) is 39.4 Å². The first-order valence-electron chi connectivity index (χ1n) is 6.67. The molecule has 1 aliphatic heterocycles. The molecule has 0 radical (unpaired) electrons. The summed E-state index contributed by atoms with van der Waals surface area (Å²) in [5.41, 5.74) is 0.351. The summed E-state index contributed by atoms with van der Waals surface area (Å²) in [6.07, 6.45) is 0.240. The van der Waals surface area contributed by atoms with Crippen LogP contribution in [0.1, 0.15) is 38.8 Å². The van der Waals surface area contributed by atoms with Crippen molar-refractivity contribution in [3.05, 3.63) is 11.6 Å². The lowest BCUT2D eigenvalue weighted by Crippen LogP contribution is -2.39. The molecule has 0 saturated heterocycles. The number of carbonyl (C=O) groups is 1. The average molecular weight is 366 g/mol. The summed E-state index contributed by atoms with van der Waals surface area (Å²) in [5, 5.41) is 4.42. The molecule has 0 saturated carbocycles. The minimum atomic E-state index is -3.99. The number of hydrogen-bond donors (Lipinski definition) is 1. The van der Waals surface area contributed by atoms with Crippen molar-refractivity contribution in [2.45, 2.75) is 46.9 Å². The van der Waals surface area contributed by atoms with Crippen LogP contribution in [0.3, 0.4) is 0 Å². The van der Waals surface area contributed by atoms with Crippen LogP contribution in [-0.2, 0) is 24.7 Å². The van der Waals surface area contributed by atoms with Crippen LogP contribution in [0.4, 0.5) is 0 Å². The smallest absolute Gasteiger partial charge is 0.247 e. The van der Waals surface area contributed by atoms with Gasteiger partial charge < -0.3 is 4.90 Å². The molecule has 1 aliphatic rings. The normalized spacial score (nSPS) is 23.8. The van der Waals surface area contributed by atoms with Crippen LogP contribution in [0.2, 0.25) is 0 Å². The highest BCUT2D eigenvalue weighted by atomic mass is 32.3. The van der Waals surface area contributed by atoms with Gasteiger partial charge in [0.1, 0.15) is 8.42 Å². The number of hydrogen-bond acceptors (Lipinski definition) is 6. The van der Waals surface area contributed by atoms with E-state index in [1.54, 1.807) is 18.7 Å². The third-order valence-electron chi connectivity index (χ3n) is 3.81. The maximum Gasteiger partial charge on any atom is 0.247 e. The molecule has 0 unspecified atom stereocenters. The Morgan fingerprint density at radius 2 is 2.09 bits per heavy atom. The molecule has 2 atom stereocenters. The fourth-order valence-electron chi connectivity index (χ4n) is 2.67. The van der Waals surface area contributed by atoms with Crippen molar-refractivity contribution < 1.29 is 21.6 Å². The Balaban J connectivity index is 2.70. The van der Waals surface area contributed by atoms with Crippen LogP contribution in [0, 0.1) is 0 Å². The molecule has 1 aromatic rings. The largest absolute Gasteiger partial charge is 0.336 e. The summed E-state index contributed by atoms with van der Waals surface area (Å²) in [4.78, 5) is 13.3. The number of carbonyl (C=O) groups excluding carboxylic acids is 1. The van der Waals surface area contributed by atoms with E-state index in [0.717, 1.165) is 0 Å². The molecule has 2 heterocycles. The Morgan fingerprint density at radius 1 is 1.50 bits per heavy atom. The minimum Gasteiger partial charge on any atom is -0.336 e. The summed E-state index contributed by atoms with van der Waals surface area (Å²) in [6.45, 7) is 5.17. The van der Waals surface area contributed by atoms with Crippen molar-refractivity contribution in [1.29, 1.82) is 0 Å². The van der Waals surface area contributed by atoms with E-state index in [-0.39, 0.29) is 20.7 Å². The Morgan fingerprint density at radius 3 is 2.55 bits per heavy atom. The van der Waals surface area contributed by atoms with Crippen molar-refractivity contribution >= 4 is 37.1 Å². The molecule has 0 aromatic carbocycles. The van der Waals surface area contributed by atoms with E-state index in [1.807, 2.05) is 0 Å². The Hall–Kier alpha value is -0.970. The second kappa shape index (κ2) is 5.59. The van der Waals surface area contributed by atoms with Gasteiger partial charge in [-0.15, -0.1) is 11.3 Å². The Bertz CT molecular complexity index is 810. The van der Waals surface area contributed by atoms with Crippen molar-refractivity contribution in [1.82, 2.24) is 4.90 Å². The molecule has 22 heavy (non-hydrogen) atoms. The van der Waals surface area contributed by atoms with Gasteiger partial charge in [0, 0.05) is 19.0 Å². The Kier molecular flexibility index (Phi) is 4.42. The molecule has 10 heteroatoms.